The zero-order valence-electron chi connectivity index (χ0n) is 15.7. The van der Waals surface area contributed by atoms with Crippen molar-refractivity contribution in [1.82, 2.24) is 4.90 Å². The first-order valence-electron chi connectivity index (χ1n) is 9.81. The Kier molecular flexibility index (Phi) is 6.34. The predicted molar refractivity (Wildman–Crippen MR) is 107 cm³/mol. The lowest BCUT2D eigenvalue weighted by Crippen LogP contribution is -2.47. The molecule has 0 spiro atoms. The molecule has 1 fully saturated rings. The van der Waals surface area contributed by atoms with Crippen LogP contribution in [0.2, 0.25) is 5.02 Å². The molecule has 0 amide bonds. The van der Waals surface area contributed by atoms with Crippen LogP contribution in [0.15, 0.2) is 6.07 Å². The van der Waals surface area contributed by atoms with E-state index in [4.69, 9.17) is 22.1 Å². The normalized spacial score (nSPS) is 19.4. The summed E-state index contributed by atoms with van der Waals surface area (Å²) in [7, 11) is 0. The second kappa shape index (κ2) is 8.50. The lowest BCUT2D eigenvalue weighted by atomic mass is 10.0. The fraction of sp³-hybridized carbons (Fsp3) is 0.700. The molecular weight excluding hydrogens is 334 g/mol. The van der Waals surface area contributed by atoms with E-state index in [1.54, 1.807) is 0 Å². The molecule has 0 aliphatic carbocycles. The lowest BCUT2D eigenvalue weighted by Gasteiger charge is -2.38. The summed E-state index contributed by atoms with van der Waals surface area (Å²) in [6, 6.07) is 1.86. The Labute approximate surface area is 157 Å². The third kappa shape index (κ3) is 4.35. The van der Waals surface area contributed by atoms with Gasteiger partial charge in [-0.1, -0.05) is 31.9 Å². The minimum atomic E-state index is 0.673. The number of piperazine rings is 1. The number of anilines is 2. The molecule has 1 saturated heterocycles. The summed E-state index contributed by atoms with van der Waals surface area (Å²) in [6.07, 6.45) is 5.97. The first kappa shape index (κ1) is 18.7. The molecule has 1 unspecified atom stereocenters. The van der Waals surface area contributed by atoms with E-state index >= 15 is 0 Å². The zero-order valence-corrected chi connectivity index (χ0v) is 16.4. The van der Waals surface area contributed by atoms with Gasteiger partial charge in [0.25, 0.3) is 0 Å². The number of nitrogens with two attached hydrogens (primary N) is 1. The summed E-state index contributed by atoms with van der Waals surface area (Å²) < 4.78 is 5.83. The van der Waals surface area contributed by atoms with Crippen molar-refractivity contribution in [1.29, 1.82) is 0 Å². The monoisotopic (exact) mass is 365 g/mol. The molecule has 2 N–H and O–H groups in total. The highest BCUT2D eigenvalue weighted by molar-refractivity contribution is 6.34. The maximum atomic E-state index is 6.58. The van der Waals surface area contributed by atoms with E-state index in [1.807, 2.05) is 6.07 Å². The van der Waals surface area contributed by atoms with Crippen LogP contribution in [0, 0.1) is 5.92 Å². The van der Waals surface area contributed by atoms with E-state index in [1.165, 1.54) is 31.4 Å². The van der Waals surface area contributed by atoms with Gasteiger partial charge in [-0.2, -0.15) is 0 Å². The van der Waals surface area contributed by atoms with Gasteiger partial charge in [0.2, 0.25) is 0 Å². The molecule has 5 heteroatoms. The second-order valence-electron chi connectivity index (χ2n) is 7.54. The van der Waals surface area contributed by atoms with Crippen LogP contribution in [0.4, 0.5) is 11.4 Å². The van der Waals surface area contributed by atoms with E-state index in [0.29, 0.717) is 5.69 Å². The summed E-state index contributed by atoms with van der Waals surface area (Å²) >= 11 is 6.58. The SMILES string of the molecule is CCC(C)CCCN1CCN(c2c(Cl)cc(N)c3c2CCCO3)CC1. The van der Waals surface area contributed by atoms with Crippen LogP contribution in [0.3, 0.4) is 0 Å². The van der Waals surface area contributed by atoms with Crippen molar-refractivity contribution in [3.8, 4) is 5.75 Å². The topological polar surface area (TPSA) is 41.7 Å². The Morgan fingerprint density at radius 1 is 1.28 bits per heavy atom. The third-order valence-electron chi connectivity index (χ3n) is 5.70. The number of halogens is 1. The summed E-state index contributed by atoms with van der Waals surface area (Å²) in [5.74, 6) is 1.71. The highest BCUT2D eigenvalue weighted by Crippen LogP contribution is 2.43. The van der Waals surface area contributed by atoms with E-state index in [0.717, 1.165) is 68.0 Å². The van der Waals surface area contributed by atoms with Crippen molar-refractivity contribution in [2.24, 2.45) is 5.92 Å². The van der Waals surface area contributed by atoms with Crippen LogP contribution in [-0.2, 0) is 6.42 Å². The number of hydrogen-bond acceptors (Lipinski definition) is 4. The molecule has 1 aromatic carbocycles. The van der Waals surface area contributed by atoms with Gasteiger partial charge in [-0.15, -0.1) is 0 Å². The smallest absolute Gasteiger partial charge is 0.147 e. The number of nitrogens with zero attached hydrogens (tertiary/aromatic N) is 2. The van der Waals surface area contributed by atoms with E-state index in [9.17, 15) is 0 Å². The van der Waals surface area contributed by atoms with Crippen molar-refractivity contribution >= 4 is 23.0 Å². The van der Waals surface area contributed by atoms with Gasteiger partial charge in [0.05, 0.1) is 23.0 Å². The molecule has 0 radical (unpaired) electrons. The van der Waals surface area contributed by atoms with Crippen molar-refractivity contribution in [2.75, 3.05) is 50.0 Å². The Morgan fingerprint density at radius 3 is 2.76 bits per heavy atom. The van der Waals surface area contributed by atoms with Crippen molar-refractivity contribution in [3.05, 3.63) is 16.7 Å². The summed E-state index contributed by atoms with van der Waals surface area (Å²) in [4.78, 5) is 5.02. The quantitative estimate of drug-likeness (QED) is 0.767. The van der Waals surface area contributed by atoms with Gasteiger partial charge in [-0.25, -0.2) is 0 Å². The van der Waals surface area contributed by atoms with Crippen LogP contribution >= 0.6 is 11.6 Å². The maximum absolute atomic E-state index is 6.58. The van der Waals surface area contributed by atoms with E-state index < -0.39 is 0 Å². The standard InChI is InChI=1S/C20H32ClN3O/c1-3-15(2)6-4-8-23-9-11-24(12-10-23)19-16-7-5-13-25-20(16)18(22)14-17(19)21/h14-15H,3-13,22H2,1-2H3. The van der Waals surface area contributed by atoms with Crippen LogP contribution in [0.5, 0.6) is 5.75 Å². The van der Waals surface area contributed by atoms with Crippen LogP contribution in [-0.4, -0.2) is 44.2 Å². The number of ether oxygens (including phenoxy) is 1. The zero-order chi connectivity index (χ0) is 17.8. The van der Waals surface area contributed by atoms with E-state index in [-0.39, 0.29) is 0 Å². The Hall–Kier alpha value is -1.13. The number of benzene rings is 1. The molecule has 0 aromatic heterocycles. The maximum Gasteiger partial charge on any atom is 0.147 e. The molecule has 25 heavy (non-hydrogen) atoms. The van der Waals surface area contributed by atoms with Gasteiger partial charge in [-0.3, -0.25) is 4.90 Å². The van der Waals surface area contributed by atoms with Crippen LogP contribution < -0.4 is 15.4 Å². The molecule has 4 nitrogen and oxygen atoms in total. The molecule has 0 bridgehead atoms. The molecule has 2 aliphatic rings. The number of nitrogen functional groups attached to an aromatic ring is 1. The second-order valence-corrected chi connectivity index (χ2v) is 7.95. The van der Waals surface area contributed by atoms with Crippen LogP contribution in [0.25, 0.3) is 0 Å². The van der Waals surface area contributed by atoms with E-state index in [2.05, 4.69) is 23.6 Å². The number of rotatable bonds is 6. The van der Waals surface area contributed by atoms with Gasteiger partial charge in [0.1, 0.15) is 5.75 Å². The number of fused-ring (bicyclic) bond motifs is 1. The first-order chi connectivity index (χ1) is 12.1. The van der Waals surface area contributed by atoms with Gasteiger partial charge < -0.3 is 15.4 Å². The molecule has 3 rings (SSSR count). The minimum absolute atomic E-state index is 0.673. The van der Waals surface area contributed by atoms with Crippen molar-refractivity contribution in [2.45, 2.75) is 46.0 Å². The van der Waals surface area contributed by atoms with Gasteiger partial charge in [0, 0.05) is 31.7 Å². The van der Waals surface area contributed by atoms with Crippen LogP contribution in [0.1, 0.15) is 45.1 Å². The molecule has 2 heterocycles. The Bertz CT molecular complexity index is 585. The average molecular weight is 366 g/mol. The first-order valence-corrected chi connectivity index (χ1v) is 10.2. The van der Waals surface area contributed by atoms with Crippen molar-refractivity contribution in [3.63, 3.8) is 0 Å². The lowest BCUT2D eigenvalue weighted by molar-refractivity contribution is 0.246. The molecular formula is C20H32ClN3O. The molecule has 140 valence electrons. The van der Waals surface area contributed by atoms with Gasteiger partial charge in [-0.05, 0) is 44.2 Å². The summed E-state index contributed by atoms with van der Waals surface area (Å²) in [5.41, 5.74) is 9.16. The third-order valence-corrected chi connectivity index (χ3v) is 5.99. The molecule has 0 saturated carbocycles. The Balaban J connectivity index is 1.62. The largest absolute Gasteiger partial charge is 0.491 e. The van der Waals surface area contributed by atoms with Gasteiger partial charge in [0.15, 0.2) is 0 Å². The average Bonchev–Trinajstić information content (AvgIpc) is 2.63. The highest BCUT2D eigenvalue weighted by atomic mass is 35.5. The summed E-state index contributed by atoms with van der Waals surface area (Å²) in [5, 5.41) is 0.770. The predicted octanol–water partition coefficient (Wildman–Crippen LogP) is 4.20. The molecule has 1 aromatic rings. The Morgan fingerprint density at radius 2 is 2.04 bits per heavy atom. The number of hydrogen-bond donors (Lipinski definition) is 1. The molecule has 1 atom stereocenters. The molecule has 2 aliphatic heterocycles. The van der Waals surface area contributed by atoms with Gasteiger partial charge >= 0.3 is 0 Å². The highest BCUT2D eigenvalue weighted by Gasteiger charge is 2.26. The minimum Gasteiger partial charge on any atom is -0.491 e. The van der Waals surface area contributed by atoms with Crippen molar-refractivity contribution < 1.29 is 4.74 Å². The fourth-order valence-electron chi connectivity index (χ4n) is 3.93. The fourth-order valence-corrected chi connectivity index (χ4v) is 4.28. The summed E-state index contributed by atoms with van der Waals surface area (Å²) in [6.45, 7) is 10.9.